The predicted octanol–water partition coefficient (Wildman–Crippen LogP) is 20.1. The van der Waals surface area contributed by atoms with E-state index in [0.29, 0.717) is 119 Å². The van der Waals surface area contributed by atoms with Crippen LogP contribution in [-0.4, -0.2) is 24.1 Å². The van der Waals surface area contributed by atoms with Gasteiger partial charge in [-0.1, -0.05) is 133 Å². The molecule has 13 rings (SSSR count). The number of alkyl halides is 12. The van der Waals surface area contributed by atoms with Gasteiger partial charge in [0.2, 0.25) is 0 Å². The summed E-state index contributed by atoms with van der Waals surface area (Å²) in [4.78, 5) is 15.2. The molecule has 17 heteroatoms. The van der Waals surface area contributed by atoms with Crippen LogP contribution in [0.25, 0.3) is 123 Å². The summed E-state index contributed by atoms with van der Waals surface area (Å²) < 4.78 is 174. The van der Waals surface area contributed by atoms with E-state index in [-0.39, 0.29) is 40.2 Å². The van der Waals surface area contributed by atoms with E-state index in [2.05, 4.69) is 0 Å². The Bertz CT molecular complexity index is 4610. The predicted molar refractivity (Wildman–Crippen MR) is 301 cm³/mol. The molecule has 0 aliphatic carbocycles. The lowest BCUT2D eigenvalue weighted by atomic mass is 9.97. The molecular weight excluding hydrogens is 1100 g/mol. The van der Waals surface area contributed by atoms with Gasteiger partial charge in [-0.2, -0.15) is 52.7 Å². The minimum absolute atomic E-state index is 0.0947. The van der Waals surface area contributed by atoms with Gasteiger partial charge in [-0.05, 0) is 119 Å². The Morgan fingerprint density at radius 3 is 1.04 bits per heavy atom. The number of rotatable bonds is 8. The Kier molecular flexibility index (Phi) is 12.6. The van der Waals surface area contributed by atoms with Gasteiger partial charge in [-0.25, -0.2) is 15.0 Å². The Hall–Kier alpha value is -10.0. The second kappa shape index (κ2) is 19.9. The van der Waals surface area contributed by atoms with Gasteiger partial charge < -0.3 is 9.13 Å². The third-order valence-electron chi connectivity index (χ3n) is 14.8. The zero-order valence-corrected chi connectivity index (χ0v) is 43.1. The van der Waals surface area contributed by atoms with E-state index in [1.165, 1.54) is 12.1 Å². The van der Waals surface area contributed by atoms with E-state index in [1.807, 2.05) is 149 Å². The Labute approximate surface area is 469 Å². The monoisotopic (exact) mass is 1140 g/mol. The van der Waals surface area contributed by atoms with Crippen molar-refractivity contribution in [3.8, 4) is 78.9 Å². The van der Waals surface area contributed by atoms with Crippen molar-refractivity contribution in [2.75, 3.05) is 0 Å². The van der Waals surface area contributed by atoms with Crippen LogP contribution in [0.2, 0.25) is 0 Å². The zero-order chi connectivity index (χ0) is 58.5. The molecule has 0 atom stereocenters. The Balaban J connectivity index is 1.04. The molecule has 0 bridgehead atoms. The standard InChI is InChI=1S/C67H37F12N5/c68-64(69,70)45-29-43(30-46(36-45)65(71,72)73)40-23-26-58-52(33-40)50-18-8-11-21-56(50)83(58)55-20-10-7-17-49(55)42-25-28-60(54(35-42)63-81-61(38-13-3-1-4-14-38)80-62(82-63)39-15-5-2-6-16-39)84-57-22-12-9-19-51(57)53-34-41(24-27-59(53)84)44-31-47(66(74,75)76)37-48(32-44)67(77,78)79/h1-37H. The van der Waals surface area contributed by atoms with Gasteiger partial charge in [-0.3, -0.25) is 0 Å². The van der Waals surface area contributed by atoms with Crippen molar-refractivity contribution in [2.45, 2.75) is 24.7 Å². The van der Waals surface area contributed by atoms with Crippen LogP contribution in [0.5, 0.6) is 0 Å². The van der Waals surface area contributed by atoms with Crippen LogP contribution in [0.3, 0.4) is 0 Å². The van der Waals surface area contributed by atoms with Crippen molar-refractivity contribution >= 4 is 43.6 Å². The molecule has 3 aromatic heterocycles. The molecule has 0 aliphatic rings. The molecule has 0 amide bonds. The molecule has 0 N–H and O–H groups in total. The van der Waals surface area contributed by atoms with E-state index in [0.717, 1.165) is 0 Å². The highest BCUT2D eigenvalue weighted by Gasteiger charge is 2.39. The summed E-state index contributed by atoms with van der Waals surface area (Å²) in [6, 6.07) is 58.7. The molecule has 0 fully saturated rings. The van der Waals surface area contributed by atoms with Gasteiger partial charge in [0.1, 0.15) is 0 Å². The molecule has 0 radical (unpaired) electrons. The quantitative estimate of drug-likeness (QED) is 0.142. The molecule has 0 saturated heterocycles. The number of hydrogen-bond donors (Lipinski definition) is 0. The van der Waals surface area contributed by atoms with E-state index in [4.69, 9.17) is 15.0 Å². The maximum atomic E-state index is 14.2. The lowest BCUT2D eigenvalue weighted by molar-refractivity contribution is -0.144. The number of halogens is 12. The first-order valence-electron chi connectivity index (χ1n) is 25.9. The number of nitrogens with zero attached hydrogens (tertiary/aromatic N) is 5. The van der Waals surface area contributed by atoms with Gasteiger partial charge in [-0.15, -0.1) is 0 Å². The van der Waals surface area contributed by atoms with E-state index in [9.17, 15) is 52.7 Å². The highest BCUT2D eigenvalue weighted by molar-refractivity contribution is 6.12. The summed E-state index contributed by atoms with van der Waals surface area (Å²) in [5, 5.41) is 2.36. The average molecular weight is 1140 g/mol. The fourth-order valence-corrected chi connectivity index (χ4v) is 11.0. The van der Waals surface area contributed by atoms with E-state index < -0.39 is 47.0 Å². The molecule has 414 valence electrons. The molecular formula is C67H37F12N5. The minimum atomic E-state index is -5.07. The number of fused-ring (bicyclic) bond motifs is 6. The molecule has 3 heterocycles. The molecule has 5 nitrogen and oxygen atoms in total. The van der Waals surface area contributed by atoms with Crippen molar-refractivity contribution in [1.29, 1.82) is 0 Å². The third-order valence-corrected chi connectivity index (χ3v) is 14.8. The van der Waals surface area contributed by atoms with Crippen LogP contribution >= 0.6 is 0 Å². The number of aromatic nitrogens is 5. The number of para-hydroxylation sites is 3. The van der Waals surface area contributed by atoms with Gasteiger partial charge in [0.05, 0.1) is 55.7 Å². The lowest BCUT2D eigenvalue weighted by Gasteiger charge is -2.18. The van der Waals surface area contributed by atoms with Crippen LogP contribution < -0.4 is 0 Å². The van der Waals surface area contributed by atoms with E-state index >= 15 is 0 Å². The molecule has 0 saturated carbocycles. The van der Waals surface area contributed by atoms with Gasteiger partial charge in [0.25, 0.3) is 0 Å². The smallest absolute Gasteiger partial charge is 0.309 e. The number of hydrogen-bond acceptors (Lipinski definition) is 3. The topological polar surface area (TPSA) is 48.5 Å². The SMILES string of the molecule is FC(F)(F)c1cc(-c2ccc3c(c2)c2ccccc2n3-c2ccccc2-c2ccc(-n3c4ccccc4c4cc(-c5cc(C(F)(F)F)cc(C(F)(F)F)c5)ccc43)c(-c3nc(-c4ccccc4)nc(-c4ccccc4)n3)c2)cc(C(F)(F)F)c1. The van der Waals surface area contributed by atoms with Gasteiger partial charge in [0.15, 0.2) is 17.5 Å². The van der Waals surface area contributed by atoms with Crippen molar-refractivity contribution in [3.63, 3.8) is 0 Å². The van der Waals surface area contributed by atoms with Crippen LogP contribution in [0.4, 0.5) is 52.7 Å². The Morgan fingerprint density at radius 1 is 0.238 bits per heavy atom. The number of benzene rings is 10. The van der Waals surface area contributed by atoms with Crippen LogP contribution in [0.1, 0.15) is 22.3 Å². The maximum Gasteiger partial charge on any atom is 0.416 e. The fourth-order valence-electron chi connectivity index (χ4n) is 11.0. The molecule has 84 heavy (non-hydrogen) atoms. The van der Waals surface area contributed by atoms with Crippen molar-refractivity contribution in [1.82, 2.24) is 24.1 Å². The molecule has 13 aromatic rings. The first kappa shape index (κ1) is 53.3. The summed E-state index contributed by atoms with van der Waals surface area (Å²) in [5.41, 5.74) is 0.682. The summed E-state index contributed by atoms with van der Waals surface area (Å²) in [6.45, 7) is 0. The summed E-state index contributed by atoms with van der Waals surface area (Å²) in [7, 11) is 0. The minimum Gasteiger partial charge on any atom is -0.309 e. The summed E-state index contributed by atoms with van der Waals surface area (Å²) in [6.07, 6.45) is -20.3. The zero-order valence-electron chi connectivity index (χ0n) is 43.1. The summed E-state index contributed by atoms with van der Waals surface area (Å²) in [5.74, 6) is 0.912. The largest absolute Gasteiger partial charge is 0.416 e. The fraction of sp³-hybridized carbons (Fsp3) is 0.0597. The van der Waals surface area contributed by atoms with Gasteiger partial charge in [0, 0.05) is 43.8 Å². The summed E-state index contributed by atoms with van der Waals surface area (Å²) >= 11 is 0. The maximum absolute atomic E-state index is 14.2. The van der Waals surface area contributed by atoms with Crippen molar-refractivity contribution in [2.24, 2.45) is 0 Å². The Morgan fingerprint density at radius 2 is 0.595 bits per heavy atom. The van der Waals surface area contributed by atoms with Crippen LogP contribution in [0.15, 0.2) is 224 Å². The van der Waals surface area contributed by atoms with Crippen LogP contribution in [-0.2, 0) is 24.7 Å². The van der Waals surface area contributed by atoms with Crippen LogP contribution in [0, 0.1) is 0 Å². The molecule has 0 spiro atoms. The normalized spacial score (nSPS) is 12.5. The van der Waals surface area contributed by atoms with Crippen molar-refractivity contribution in [3.05, 3.63) is 247 Å². The molecule has 0 aliphatic heterocycles. The highest BCUT2D eigenvalue weighted by Crippen LogP contribution is 2.46. The van der Waals surface area contributed by atoms with Gasteiger partial charge >= 0.3 is 24.7 Å². The average Bonchev–Trinajstić information content (AvgIpc) is 1.75. The first-order chi connectivity index (χ1) is 40.2. The first-order valence-corrected chi connectivity index (χ1v) is 25.9. The highest BCUT2D eigenvalue weighted by atomic mass is 19.4. The molecule has 10 aromatic carbocycles. The third kappa shape index (κ3) is 9.63. The second-order valence-corrected chi connectivity index (χ2v) is 20.0. The van der Waals surface area contributed by atoms with Crippen molar-refractivity contribution < 1.29 is 52.7 Å². The molecule has 0 unspecified atom stereocenters. The lowest BCUT2D eigenvalue weighted by Crippen LogP contribution is -2.11. The second-order valence-electron chi connectivity index (χ2n) is 20.0. The van der Waals surface area contributed by atoms with E-state index in [1.54, 1.807) is 36.4 Å².